The van der Waals surface area contributed by atoms with Crippen molar-refractivity contribution in [1.29, 1.82) is 0 Å². The molecule has 2 fully saturated rings. The average Bonchev–Trinajstić information content (AvgIpc) is 3.37. The monoisotopic (exact) mass is 485 g/mol. The van der Waals surface area contributed by atoms with Gasteiger partial charge in [-0.3, -0.25) is 9.59 Å². The number of nitrogens with one attached hydrogen (secondary N) is 1. The van der Waals surface area contributed by atoms with Gasteiger partial charge in [-0.25, -0.2) is 8.42 Å². The molecular formula is C25H31N3O5S. The van der Waals surface area contributed by atoms with Crippen LogP contribution in [-0.4, -0.2) is 61.2 Å². The number of nitrogens with zero attached hydrogens (tertiary/aromatic N) is 2. The number of amides is 2. The van der Waals surface area contributed by atoms with Crippen LogP contribution in [0.15, 0.2) is 59.5 Å². The molecule has 1 heterocycles. The van der Waals surface area contributed by atoms with Crippen LogP contribution < -0.4 is 10.1 Å². The molecule has 8 nitrogen and oxygen atoms in total. The van der Waals surface area contributed by atoms with Crippen molar-refractivity contribution >= 4 is 21.8 Å². The zero-order valence-corrected chi connectivity index (χ0v) is 20.4. The van der Waals surface area contributed by atoms with Crippen molar-refractivity contribution in [1.82, 2.24) is 14.5 Å². The Morgan fingerprint density at radius 2 is 1.74 bits per heavy atom. The largest absolute Gasteiger partial charge is 0.497 e. The predicted molar refractivity (Wildman–Crippen MR) is 128 cm³/mol. The van der Waals surface area contributed by atoms with Gasteiger partial charge >= 0.3 is 0 Å². The highest BCUT2D eigenvalue weighted by Gasteiger charge is 2.52. The van der Waals surface area contributed by atoms with Crippen LogP contribution in [0.5, 0.6) is 5.75 Å². The number of benzene rings is 2. The molecule has 2 amide bonds. The topological polar surface area (TPSA) is 96.0 Å². The molecule has 34 heavy (non-hydrogen) atoms. The Hall–Kier alpha value is -2.91. The summed E-state index contributed by atoms with van der Waals surface area (Å²) in [5.41, 5.74) is -0.393. The second-order valence-electron chi connectivity index (χ2n) is 9.09. The molecule has 2 aromatic carbocycles. The van der Waals surface area contributed by atoms with Crippen molar-refractivity contribution in [2.24, 2.45) is 0 Å². The summed E-state index contributed by atoms with van der Waals surface area (Å²) < 4.78 is 33.1. The van der Waals surface area contributed by atoms with Crippen molar-refractivity contribution in [3.05, 3.63) is 60.2 Å². The number of rotatable bonds is 7. The first-order chi connectivity index (χ1) is 16.3. The molecule has 0 radical (unpaired) electrons. The van der Waals surface area contributed by atoms with Gasteiger partial charge in [0.2, 0.25) is 21.8 Å². The van der Waals surface area contributed by atoms with Crippen LogP contribution in [0.4, 0.5) is 0 Å². The fourth-order valence-corrected chi connectivity index (χ4v) is 6.44. The molecule has 0 aromatic heterocycles. The average molecular weight is 486 g/mol. The number of hydrogen-bond donors (Lipinski definition) is 1. The van der Waals surface area contributed by atoms with Crippen molar-refractivity contribution in [3.63, 3.8) is 0 Å². The van der Waals surface area contributed by atoms with Crippen LogP contribution in [0.3, 0.4) is 0 Å². The molecule has 2 aromatic rings. The minimum atomic E-state index is -3.99. The molecule has 1 saturated heterocycles. The third-order valence-electron chi connectivity index (χ3n) is 6.77. The van der Waals surface area contributed by atoms with Gasteiger partial charge in [-0.05, 0) is 49.6 Å². The van der Waals surface area contributed by atoms with E-state index in [4.69, 9.17) is 4.74 Å². The predicted octanol–water partition coefficient (Wildman–Crippen LogP) is 2.55. The van der Waals surface area contributed by atoms with Gasteiger partial charge in [0.05, 0.1) is 18.6 Å². The summed E-state index contributed by atoms with van der Waals surface area (Å²) in [5.74, 6) is -0.162. The van der Waals surface area contributed by atoms with E-state index in [0.29, 0.717) is 12.3 Å². The van der Waals surface area contributed by atoms with Gasteiger partial charge in [-0.15, -0.1) is 0 Å². The zero-order chi connectivity index (χ0) is 24.3. The Kier molecular flexibility index (Phi) is 6.95. The Labute approximate surface area is 200 Å². The second kappa shape index (κ2) is 9.76. The quantitative estimate of drug-likeness (QED) is 0.650. The van der Waals surface area contributed by atoms with E-state index in [9.17, 15) is 18.0 Å². The number of ether oxygens (including phenoxy) is 1. The molecule has 1 aliphatic heterocycles. The van der Waals surface area contributed by atoms with Crippen LogP contribution >= 0.6 is 0 Å². The van der Waals surface area contributed by atoms with E-state index in [1.165, 1.54) is 19.2 Å². The zero-order valence-electron chi connectivity index (χ0n) is 19.6. The van der Waals surface area contributed by atoms with E-state index in [2.05, 4.69) is 5.32 Å². The maximum absolute atomic E-state index is 13.6. The molecule has 1 saturated carbocycles. The number of sulfonamides is 1. The number of carbonyl (C=O) groups excluding carboxylic acids is 2. The number of hydrogen-bond acceptors (Lipinski definition) is 5. The second-order valence-corrected chi connectivity index (χ2v) is 11.0. The van der Waals surface area contributed by atoms with Gasteiger partial charge in [0.15, 0.2) is 0 Å². The van der Waals surface area contributed by atoms with Gasteiger partial charge in [0, 0.05) is 19.1 Å². The molecular weight excluding hydrogens is 454 g/mol. The fourth-order valence-electron chi connectivity index (χ4n) is 4.96. The lowest BCUT2D eigenvalue weighted by Gasteiger charge is -2.49. The van der Waals surface area contributed by atoms with Gasteiger partial charge in [-0.1, -0.05) is 43.2 Å². The normalized spacial score (nSPS) is 22.1. The Bertz CT molecular complexity index is 1130. The molecule has 1 atom stereocenters. The van der Waals surface area contributed by atoms with E-state index in [0.717, 1.165) is 35.6 Å². The summed E-state index contributed by atoms with van der Waals surface area (Å²) in [4.78, 5) is 28.7. The number of carbonyl (C=O) groups is 2. The maximum Gasteiger partial charge on any atom is 0.247 e. The van der Waals surface area contributed by atoms with Gasteiger partial charge in [0.1, 0.15) is 11.3 Å². The van der Waals surface area contributed by atoms with Crippen LogP contribution in [0.2, 0.25) is 0 Å². The SMILES string of the molecule is COc1ccc(S(=O)(=O)N2CC(=O)N(C3CCCC3)[C@](C)(C(=O)NCc3ccccc3)C2)cc1. The van der Waals surface area contributed by atoms with E-state index in [1.807, 2.05) is 30.3 Å². The molecule has 0 unspecified atom stereocenters. The summed E-state index contributed by atoms with van der Waals surface area (Å²) in [5, 5.41) is 2.94. The highest BCUT2D eigenvalue weighted by molar-refractivity contribution is 7.89. The first-order valence-electron chi connectivity index (χ1n) is 11.5. The molecule has 182 valence electrons. The summed E-state index contributed by atoms with van der Waals surface area (Å²) in [6.45, 7) is 1.59. The van der Waals surface area contributed by atoms with Crippen molar-refractivity contribution in [2.75, 3.05) is 20.2 Å². The van der Waals surface area contributed by atoms with Gasteiger partial charge in [-0.2, -0.15) is 4.31 Å². The van der Waals surface area contributed by atoms with Crippen LogP contribution in [0.1, 0.15) is 38.2 Å². The Balaban J connectivity index is 1.63. The first kappa shape index (κ1) is 24.2. The highest BCUT2D eigenvalue weighted by atomic mass is 32.2. The van der Waals surface area contributed by atoms with Crippen molar-refractivity contribution in [3.8, 4) is 5.75 Å². The van der Waals surface area contributed by atoms with Crippen molar-refractivity contribution < 1.29 is 22.7 Å². The molecule has 1 aliphatic carbocycles. The van der Waals surface area contributed by atoms with E-state index in [1.54, 1.807) is 24.0 Å². The number of piperazine rings is 1. The third-order valence-corrected chi connectivity index (χ3v) is 8.57. The lowest BCUT2D eigenvalue weighted by atomic mass is 9.92. The molecule has 2 aliphatic rings. The Morgan fingerprint density at radius 1 is 1.09 bits per heavy atom. The highest BCUT2D eigenvalue weighted by Crippen LogP contribution is 2.35. The molecule has 0 spiro atoms. The lowest BCUT2D eigenvalue weighted by Crippen LogP contribution is -2.71. The first-order valence-corrected chi connectivity index (χ1v) is 13.0. The fraction of sp³-hybridized carbons (Fsp3) is 0.440. The third kappa shape index (κ3) is 4.67. The van der Waals surface area contributed by atoms with Crippen LogP contribution in [0, 0.1) is 0 Å². The summed E-state index contributed by atoms with van der Waals surface area (Å²) in [6, 6.07) is 15.5. The van der Waals surface area contributed by atoms with Crippen LogP contribution in [0.25, 0.3) is 0 Å². The van der Waals surface area contributed by atoms with Gasteiger partial charge in [0.25, 0.3) is 0 Å². The van der Waals surface area contributed by atoms with E-state index >= 15 is 0 Å². The molecule has 9 heteroatoms. The summed E-state index contributed by atoms with van der Waals surface area (Å²) in [7, 11) is -2.48. The van der Waals surface area contributed by atoms with E-state index in [-0.39, 0.29) is 35.8 Å². The summed E-state index contributed by atoms with van der Waals surface area (Å²) in [6.07, 6.45) is 3.62. The lowest BCUT2D eigenvalue weighted by molar-refractivity contribution is -0.156. The minimum Gasteiger partial charge on any atom is -0.497 e. The number of methoxy groups -OCH3 is 1. The molecule has 0 bridgehead atoms. The van der Waals surface area contributed by atoms with Crippen LogP contribution in [-0.2, 0) is 26.2 Å². The molecule has 1 N–H and O–H groups in total. The van der Waals surface area contributed by atoms with E-state index < -0.39 is 15.6 Å². The molecule has 4 rings (SSSR count). The smallest absolute Gasteiger partial charge is 0.247 e. The van der Waals surface area contributed by atoms with Crippen molar-refractivity contribution in [2.45, 2.75) is 55.6 Å². The standard InChI is InChI=1S/C25H31N3O5S/c1-25(24(30)26-16-19-8-4-3-5-9-19)18-27(17-23(29)28(25)20-10-6-7-11-20)34(31,32)22-14-12-21(33-2)13-15-22/h3-5,8-9,12-15,20H,6-7,10-11,16-18H2,1-2H3,(H,26,30)/t25-/m0/s1. The summed E-state index contributed by atoms with van der Waals surface area (Å²) >= 11 is 0. The Morgan fingerprint density at radius 3 is 2.35 bits per heavy atom. The minimum absolute atomic E-state index is 0.0578. The van der Waals surface area contributed by atoms with Gasteiger partial charge < -0.3 is 15.0 Å². The maximum atomic E-state index is 13.6.